The molecule has 1 aromatic heterocycles. The Morgan fingerprint density at radius 1 is 1.25 bits per heavy atom. The van der Waals surface area contributed by atoms with Gasteiger partial charge in [-0.05, 0) is 54.9 Å². The van der Waals surface area contributed by atoms with Gasteiger partial charge in [-0.1, -0.05) is 42.8 Å². The summed E-state index contributed by atoms with van der Waals surface area (Å²) in [5, 5.41) is 8.26. The third-order valence-corrected chi connectivity index (χ3v) is 6.35. The minimum absolute atomic E-state index is 0.0803. The van der Waals surface area contributed by atoms with Gasteiger partial charge in [0.1, 0.15) is 4.88 Å². The molecule has 1 heterocycles. The van der Waals surface area contributed by atoms with E-state index < -0.39 is 5.97 Å². The molecular formula is C21H21ClN2O2S2. The molecule has 0 amide bonds. The monoisotopic (exact) mass is 432 g/mol. The number of nitrogens with one attached hydrogen (secondary N) is 2. The molecule has 0 aliphatic rings. The molecule has 0 radical (unpaired) electrons. The number of halogens is 1. The van der Waals surface area contributed by atoms with Crippen molar-refractivity contribution < 1.29 is 9.53 Å². The summed E-state index contributed by atoms with van der Waals surface area (Å²) in [5.41, 5.74) is 3.31. The van der Waals surface area contributed by atoms with Crippen LogP contribution in [0.4, 0.5) is 5.69 Å². The van der Waals surface area contributed by atoms with Crippen molar-refractivity contribution in [3.8, 4) is 0 Å². The topological polar surface area (TPSA) is 50.4 Å². The number of methoxy groups -OCH3 is 1. The van der Waals surface area contributed by atoms with Gasteiger partial charge in [0.25, 0.3) is 0 Å². The fourth-order valence-electron chi connectivity index (χ4n) is 2.86. The molecule has 28 heavy (non-hydrogen) atoms. The number of rotatable bonds is 5. The Morgan fingerprint density at radius 2 is 1.96 bits per heavy atom. The van der Waals surface area contributed by atoms with Gasteiger partial charge in [-0.3, -0.25) is 0 Å². The summed E-state index contributed by atoms with van der Waals surface area (Å²) in [6.45, 7) is 4.21. The molecule has 0 bridgehead atoms. The number of ether oxygens (including phenoxy) is 1. The zero-order valence-electron chi connectivity index (χ0n) is 15.8. The quantitative estimate of drug-likeness (QED) is 0.385. The van der Waals surface area contributed by atoms with Crippen LogP contribution in [0.5, 0.6) is 0 Å². The van der Waals surface area contributed by atoms with Gasteiger partial charge in [-0.15, -0.1) is 11.3 Å². The highest BCUT2D eigenvalue weighted by atomic mass is 35.5. The first-order valence-corrected chi connectivity index (χ1v) is 10.5. The number of aryl methyl sites for hydroxylation is 1. The lowest BCUT2D eigenvalue weighted by atomic mass is 10.1. The van der Waals surface area contributed by atoms with Gasteiger partial charge in [0.15, 0.2) is 5.11 Å². The first-order chi connectivity index (χ1) is 13.4. The van der Waals surface area contributed by atoms with E-state index in [1.807, 2.05) is 18.2 Å². The second-order valence-corrected chi connectivity index (χ2v) is 8.20. The van der Waals surface area contributed by atoms with Gasteiger partial charge in [0, 0.05) is 15.8 Å². The van der Waals surface area contributed by atoms with Gasteiger partial charge in [0.05, 0.1) is 18.2 Å². The molecule has 1 atom stereocenters. The van der Waals surface area contributed by atoms with E-state index in [4.69, 9.17) is 28.6 Å². The third-order valence-electron chi connectivity index (χ3n) is 4.49. The summed E-state index contributed by atoms with van der Waals surface area (Å²) >= 11 is 13.1. The first kappa shape index (κ1) is 20.6. The van der Waals surface area contributed by atoms with E-state index in [0.29, 0.717) is 15.0 Å². The fraction of sp³-hybridized carbons (Fsp3) is 0.238. The van der Waals surface area contributed by atoms with Gasteiger partial charge in [-0.25, -0.2) is 4.79 Å². The highest BCUT2D eigenvalue weighted by Gasteiger charge is 2.18. The number of hydrogen-bond acceptors (Lipinski definition) is 4. The average Bonchev–Trinajstić information content (AvgIpc) is 3.03. The number of anilines is 1. The van der Waals surface area contributed by atoms with Gasteiger partial charge < -0.3 is 15.4 Å². The Hall–Kier alpha value is -2.15. The highest BCUT2D eigenvalue weighted by Crippen LogP contribution is 2.37. The second-order valence-electron chi connectivity index (χ2n) is 6.36. The summed E-state index contributed by atoms with van der Waals surface area (Å²) < 4.78 is 5.67. The van der Waals surface area contributed by atoms with Crippen molar-refractivity contribution in [2.45, 2.75) is 26.3 Å². The molecular weight excluding hydrogens is 412 g/mol. The molecule has 0 fully saturated rings. The lowest BCUT2D eigenvalue weighted by molar-refractivity contribution is 0.0606. The van der Waals surface area contributed by atoms with E-state index in [1.165, 1.54) is 29.6 Å². The maximum Gasteiger partial charge on any atom is 0.349 e. The Kier molecular flexibility index (Phi) is 6.54. The van der Waals surface area contributed by atoms with E-state index >= 15 is 0 Å². The number of carbonyl (C=O) groups is 1. The molecule has 3 aromatic rings. The minimum Gasteiger partial charge on any atom is -0.465 e. The van der Waals surface area contributed by atoms with Gasteiger partial charge >= 0.3 is 5.97 Å². The summed E-state index contributed by atoms with van der Waals surface area (Å²) in [6, 6.07) is 14.3. The summed E-state index contributed by atoms with van der Waals surface area (Å²) in [4.78, 5) is 12.2. The molecule has 0 aliphatic carbocycles. The molecule has 146 valence electrons. The van der Waals surface area contributed by atoms with E-state index in [1.54, 1.807) is 0 Å². The predicted molar refractivity (Wildman–Crippen MR) is 122 cm³/mol. The van der Waals surface area contributed by atoms with Crippen LogP contribution in [-0.4, -0.2) is 18.2 Å². The maximum absolute atomic E-state index is 11.8. The third kappa shape index (κ3) is 4.46. The number of fused-ring (bicyclic) bond motifs is 1. The molecule has 7 heteroatoms. The summed E-state index contributed by atoms with van der Waals surface area (Å²) in [7, 11) is 1.34. The van der Waals surface area contributed by atoms with Crippen LogP contribution in [0.3, 0.4) is 0 Å². The number of carbonyl (C=O) groups excluding carboxylic acids is 1. The van der Waals surface area contributed by atoms with E-state index in [2.05, 4.69) is 48.7 Å². The maximum atomic E-state index is 11.8. The number of hydrogen-bond donors (Lipinski definition) is 2. The smallest absolute Gasteiger partial charge is 0.349 e. The number of esters is 1. The number of thiocarbonyl (C=S) groups is 1. The van der Waals surface area contributed by atoms with E-state index in [0.717, 1.165) is 22.2 Å². The van der Waals surface area contributed by atoms with Crippen LogP contribution >= 0.6 is 35.2 Å². The van der Waals surface area contributed by atoms with Crippen LogP contribution < -0.4 is 10.6 Å². The van der Waals surface area contributed by atoms with Crippen molar-refractivity contribution in [2.75, 3.05) is 12.4 Å². The average molecular weight is 433 g/mol. The molecule has 1 unspecified atom stereocenters. The summed E-state index contributed by atoms with van der Waals surface area (Å²) in [5.74, 6) is -0.430. The van der Waals surface area contributed by atoms with Gasteiger partial charge in [0.2, 0.25) is 0 Å². The summed E-state index contributed by atoms with van der Waals surface area (Å²) in [6.07, 6.45) is 1.02. The van der Waals surface area contributed by atoms with Crippen LogP contribution in [0, 0.1) is 0 Å². The Bertz CT molecular complexity index is 1020. The predicted octanol–water partition coefficient (Wildman–Crippen LogP) is 5.95. The molecule has 0 aliphatic heterocycles. The van der Waals surface area contributed by atoms with Crippen molar-refractivity contribution in [3.63, 3.8) is 0 Å². The van der Waals surface area contributed by atoms with Crippen LogP contribution in [-0.2, 0) is 11.2 Å². The first-order valence-electron chi connectivity index (χ1n) is 8.89. The van der Waals surface area contributed by atoms with Crippen LogP contribution in [0.1, 0.15) is 40.7 Å². The molecule has 2 N–H and O–H groups in total. The SMILES string of the molecule is CCc1ccc(C(C)NC(=S)Nc2ccc3c(Cl)c(C(=O)OC)sc3c2)cc1. The fourth-order valence-corrected chi connectivity index (χ4v) is 4.62. The van der Waals surface area contributed by atoms with Crippen molar-refractivity contribution >= 4 is 62.0 Å². The van der Waals surface area contributed by atoms with Gasteiger partial charge in [-0.2, -0.15) is 0 Å². The largest absolute Gasteiger partial charge is 0.465 e. The molecule has 0 saturated heterocycles. The lowest BCUT2D eigenvalue weighted by Crippen LogP contribution is -2.30. The molecule has 3 rings (SSSR count). The minimum atomic E-state index is -0.430. The van der Waals surface area contributed by atoms with E-state index in [-0.39, 0.29) is 6.04 Å². The Balaban J connectivity index is 1.70. The van der Waals surface area contributed by atoms with Crippen molar-refractivity contribution in [1.82, 2.24) is 5.32 Å². The number of thiophene rings is 1. The second kappa shape index (κ2) is 8.90. The Morgan fingerprint density at radius 3 is 2.61 bits per heavy atom. The van der Waals surface area contributed by atoms with Crippen molar-refractivity contribution in [2.24, 2.45) is 0 Å². The van der Waals surface area contributed by atoms with Crippen molar-refractivity contribution in [3.05, 3.63) is 63.5 Å². The molecule has 4 nitrogen and oxygen atoms in total. The normalized spacial score (nSPS) is 11.9. The highest BCUT2D eigenvalue weighted by molar-refractivity contribution is 7.80. The van der Waals surface area contributed by atoms with Crippen LogP contribution in [0.15, 0.2) is 42.5 Å². The van der Waals surface area contributed by atoms with Crippen LogP contribution in [0.25, 0.3) is 10.1 Å². The Labute approximate surface area is 178 Å². The molecule has 0 spiro atoms. The molecule has 2 aromatic carbocycles. The van der Waals surface area contributed by atoms with Crippen molar-refractivity contribution in [1.29, 1.82) is 0 Å². The standard InChI is InChI=1S/C21H21ClN2O2S2/c1-4-13-5-7-14(8-6-13)12(2)23-21(27)24-15-9-10-16-17(11-15)28-19(18(16)22)20(25)26-3/h5-12H,4H2,1-3H3,(H2,23,24,27). The zero-order chi connectivity index (χ0) is 20.3. The lowest BCUT2D eigenvalue weighted by Gasteiger charge is -2.18. The van der Waals surface area contributed by atoms with E-state index in [9.17, 15) is 4.79 Å². The number of benzene rings is 2. The van der Waals surface area contributed by atoms with Crippen LogP contribution in [0.2, 0.25) is 5.02 Å². The zero-order valence-corrected chi connectivity index (χ0v) is 18.2. The molecule has 0 saturated carbocycles.